The van der Waals surface area contributed by atoms with Gasteiger partial charge in [-0.25, -0.2) is 0 Å². The molecule has 0 rings (SSSR count). The first-order valence-electron chi connectivity index (χ1n) is 4.99. The maximum Gasteiger partial charge on any atom is 0.0559 e. The lowest BCUT2D eigenvalue weighted by Gasteiger charge is -2.07. The molecular formula is C11H22O2. The lowest BCUT2D eigenvalue weighted by Crippen LogP contribution is -2.08. The van der Waals surface area contributed by atoms with E-state index < -0.39 is 0 Å². The maximum absolute atomic E-state index is 5.31. The van der Waals surface area contributed by atoms with E-state index in [0.717, 1.165) is 13.2 Å². The summed E-state index contributed by atoms with van der Waals surface area (Å²) in [5.74, 6) is 1.19. The molecule has 0 aromatic carbocycles. The van der Waals surface area contributed by atoms with Crippen LogP contribution in [0.5, 0.6) is 0 Å². The minimum atomic E-state index is 0.580. The van der Waals surface area contributed by atoms with E-state index in [-0.39, 0.29) is 0 Å². The van der Waals surface area contributed by atoms with Gasteiger partial charge in [0.1, 0.15) is 0 Å². The van der Waals surface area contributed by atoms with Gasteiger partial charge in [-0.3, -0.25) is 0 Å². The van der Waals surface area contributed by atoms with Crippen molar-refractivity contribution in [2.75, 3.05) is 26.4 Å². The van der Waals surface area contributed by atoms with Crippen molar-refractivity contribution in [2.45, 2.75) is 27.7 Å². The Morgan fingerprint density at radius 1 is 0.846 bits per heavy atom. The van der Waals surface area contributed by atoms with Crippen LogP contribution >= 0.6 is 0 Å². The number of rotatable bonds is 8. The quantitative estimate of drug-likeness (QED) is 0.542. The summed E-state index contributed by atoms with van der Waals surface area (Å²) in [7, 11) is 0. The number of ether oxygens (including phenoxy) is 2. The van der Waals surface area contributed by atoms with Crippen LogP contribution in [-0.2, 0) is 9.47 Å². The molecule has 2 heteroatoms. The summed E-state index contributed by atoms with van der Waals surface area (Å²) in [6.07, 6.45) is 3.05. The first kappa shape index (κ1) is 12.9. The van der Waals surface area contributed by atoms with E-state index in [9.17, 15) is 0 Å². The predicted octanol–water partition coefficient (Wildman–Crippen LogP) is 2.41. The highest BCUT2D eigenvalue weighted by molar-refractivity contribution is 4.61. The SMILES string of the molecule is CC(C)COC[C]COCC(C)C. The second kappa shape index (κ2) is 8.52. The third-order valence-corrected chi connectivity index (χ3v) is 1.31. The standard InChI is InChI=1S/C11H22O2/c1-10(2)8-12-6-5-7-13-9-11(3)4/h10-11H,6-9H2,1-4H3. The molecule has 0 aliphatic carbocycles. The number of hydrogen-bond acceptors (Lipinski definition) is 2. The molecule has 0 unspecified atom stereocenters. The zero-order valence-electron chi connectivity index (χ0n) is 9.30. The van der Waals surface area contributed by atoms with Gasteiger partial charge < -0.3 is 9.47 Å². The van der Waals surface area contributed by atoms with E-state index in [1.54, 1.807) is 0 Å². The van der Waals surface area contributed by atoms with E-state index >= 15 is 0 Å². The van der Waals surface area contributed by atoms with E-state index in [4.69, 9.17) is 9.47 Å². The Morgan fingerprint density at radius 2 is 1.23 bits per heavy atom. The predicted molar refractivity (Wildman–Crippen MR) is 54.6 cm³/mol. The van der Waals surface area contributed by atoms with Crippen molar-refractivity contribution in [1.29, 1.82) is 0 Å². The molecule has 0 aliphatic rings. The van der Waals surface area contributed by atoms with Gasteiger partial charge in [0.15, 0.2) is 0 Å². The van der Waals surface area contributed by atoms with Crippen LogP contribution in [0.2, 0.25) is 0 Å². The topological polar surface area (TPSA) is 18.5 Å². The summed E-state index contributed by atoms with van der Waals surface area (Å²) >= 11 is 0. The fourth-order valence-corrected chi connectivity index (χ4v) is 0.775. The molecule has 0 bridgehead atoms. The zero-order valence-corrected chi connectivity index (χ0v) is 9.30. The van der Waals surface area contributed by atoms with Gasteiger partial charge >= 0.3 is 0 Å². The molecule has 0 aromatic heterocycles. The zero-order chi connectivity index (χ0) is 10.1. The fraction of sp³-hybridized carbons (Fsp3) is 0.909. The van der Waals surface area contributed by atoms with Gasteiger partial charge in [-0.15, -0.1) is 0 Å². The molecule has 0 fully saturated rings. The van der Waals surface area contributed by atoms with Gasteiger partial charge in [0.05, 0.1) is 13.2 Å². The molecular weight excluding hydrogens is 164 g/mol. The van der Waals surface area contributed by atoms with Crippen LogP contribution in [-0.4, -0.2) is 26.4 Å². The van der Waals surface area contributed by atoms with Gasteiger partial charge in [-0.05, 0) is 11.8 Å². The summed E-state index contributed by atoms with van der Waals surface area (Å²) in [6, 6.07) is 0. The normalized spacial score (nSPS) is 11.5. The van der Waals surface area contributed by atoms with Gasteiger partial charge in [-0.1, -0.05) is 27.7 Å². The molecule has 0 atom stereocenters. The summed E-state index contributed by atoms with van der Waals surface area (Å²) in [5.41, 5.74) is 0. The molecule has 0 saturated carbocycles. The van der Waals surface area contributed by atoms with Crippen LogP contribution in [0.25, 0.3) is 0 Å². The molecule has 0 heterocycles. The lowest BCUT2D eigenvalue weighted by molar-refractivity contribution is 0.0923. The van der Waals surface area contributed by atoms with Crippen LogP contribution in [0.4, 0.5) is 0 Å². The second-order valence-corrected chi connectivity index (χ2v) is 4.07. The van der Waals surface area contributed by atoms with E-state index in [0.29, 0.717) is 25.0 Å². The Labute approximate surface area is 82.6 Å². The Morgan fingerprint density at radius 3 is 1.54 bits per heavy atom. The maximum atomic E-state index is 5.31. The average molecular weight is 186 g/mol. The highest BCUT2D eigenvalue weighted by Crippen LogP contribution is 1.95. The Hall–Kier alpha value is -0.0800. The Balaban J connectivity index is 2.92. The van der Waals surface area contributed by atoms with Crippen LogP contribution < -0.4 is 0 Å². The summed E-state index contributed by atoms with van der Waals surface area (Å²) in [6.45, 7) is 11.3. The molecule has 0 aliphatic heterocycles. The third kappa shape index (κ3) is 11.9. The minimum Gasteiger partial charge on any atom is -0.380 e. The van der Waals surface area contributed by atoms with E-state index in [1.165, 1.54) is 0 Å². The van der Waals surface area contributed by atoms with Gasteiger partial charge in [0.2, 0.25) is 0 Å². The highest BCUT2D eigenvalue weighted by Gasteiger charge is 1.96. The summed E-state index contributed by atoms with van der Waals surface area (Å²) in [4.78, 5) is 0. The van der Waals surface area contributed by atoms with Crippen LogP contribution in [0.15, 0.2) is 0 Å². The first-order chi connectivity index (χ1) is 6.13. The van der Waals surface area contributed by atoms with Gasteiger partial charge in [-0.2, -0.15) is 0 Å². The second-order valence-electron chi connectivity index (χ2n) is 4.07. The molecule has 78 valence electrons. The van der Waals surface area contributed by atoms with Crippen molar-refractivity contribution in [2.24, 2.45) is 11.8 Å². The fourth-order valence-electron chi connectivity index (χ4n) is 0.775. The molecule has 2 radical (unpaired) electrons. The largest absolute Gasteiger partial charge is 0.380 e. The molecule has 0 N–H and O–H groups in total. The smallest absolute Gasteiger partial charge is 0.0559 e. The van der Waals surface area contributed by atoms with Crippen molar-refractivity contribution in [3.8, 4) is 0 Å². The van der Waals surface area contributed by atoms with E-state index in [2.05, 4.69) is 34.1 Å². The molecule has 0 aromatic rings. The van der Waals surface area contributed by atoms with Crippen LogP contribution in [0.3, 0.4) is 0 Å². The van der Waals surface area contributed by atoms with Gasteiger partial charge in [0, 0.05) is 19.6 Å². The molecule has 13 heavy (non-hydrogen) atoms. The number of hydrogen-bond donors (Lipinski definition) is 0. The van der Waals surface area contributed by atoms with Crippen molar-refractivity contribution in [1.82, 2.24) is 0 Å². The van der Waals surface area contributed by atoms with Crippen LogP contribution in [0.1, 0.15) is 27.7 Å². The van der Waals surface area contributed by atoms with Gasteiger partial charge in [0.25, 0.3) is 0 Å². The molecule has 0 saturated heterocycles. The van der Waals surface area contributed by atoms with Crippen molar-refractivity contribution in [3.05, 3.63) is 6.42 Å². The molecule has 0 spiro atoms. The Kier molecular flexibility index (Phi) is 8.46. The third-order valence-electron chi connectivity index (χ3n) is 1.31. The highest BCUT2D eigenvalue weighted by atomic mass is 16.5. The molecule has 2 nitrogen and oxygen atoms in total. The monoisotopic (exact) mass is 186 g/mol. The van der Waals surface area contributed by atoms with Crippen molar-refractivity contribution in [3.63, 3.8) is 0 Å². The van der Waals surface area contributed by atoms with Crippen molar-refractivity contribution >= 4 is 0 Å². The Bertz CT molecular complexity index is 88.3. The molecule has 0 amide bonds. The first-order valence-corrected chi connectivity index (χ1v) is 4.99. The minimum absolute atomic E-state index is 0.580. The van der Waals surface area contributed by atoms with Crippen LogP contribution in [0, 0.1) is 18.3 Å². The average Bonchev–Trinajstić information content (AvgIpc) is 2.01. The summed E-state index contributed by atoms with van der Waals surface area (Å²) < 4.78 is 10.6. The van der Waals surface area contributed by atoms with E-state index in [1.807, 2.05) is 0 Å². The summed E-state index contributed by atoms with van der Waals surface area (Å²) in [5, 5.41) is 0. The van der Waals surface area contributed by atoms with Crippen molar-refractivity contribution < 1.29 is 9.47 Å². The lowest BCUT2D eigenvalue weighted by atomic mass is 10.2.